The fourth-order valence-electron chi connectivity index (χ4n) is 1.46. The molecule has 0 aromatic rings. The quantitative estimate of drug-likeness (QED) is 0.476. The second-order valence-corrected chi connectivity index (χ2v) is 11.5. The molecule has 0 fully saturated rings. The minimum atomic E-state index is -1.11. The number of carbonyl (C=O) groups is 1. The van der Waals surface area contributed by atoms with Crippen molar-refractivity contribution >= 4 is 14.2 Å². The third-order valence-electron chi connectivity index (χ3n) is 2.69. The first-order chi connectivity index (χ1) is 8.45. The number of alkyl carbamates (subject to hydrolysis) is 1. The van der Waals surface area contributed by atoms with Gasteiger partial charge in [0.25, 0.3) is 0 Å². The number of carbonyl (C=O) groups excluding carboxylic acids is 1. The SMILES string of the molecule is C[Si](C)(C)CCOC(=O)NCCCCCCCO. The molecule has 0 radical (unpaired) electrons. The van der Waals surface area contributed by atoms with Crippen LogP contribution in [0.3, 0.4) is 0 Å². The van der Waals surface area contributed by atoms with Crippen LogP contribution in [0.2, 0.25) is 25.7 Å². The molecule has 0 rings (SSSR count). The largest absolute Gasteiger partial charge is 0.450 e. The van der Waals surface area contributed by atoms with E-state index >= 15 is 0 Å². The van der Waals surface area contributed by atoms with E-state index in [2.05, 4.69) is 25.0 Å². The van der Waals surface area contributed by atoms with E-state index in [4.69, 9.17) is 9.84 Å². The highest BCUT2D eigenvalue weighted by molar-refractivity contribution is 6.76. The van der Waals surface area contributed by atoms with Gasteiger partial charge in [-0.25, -0.2) is 4.79 Å². The summed E-state index contributed by atoms with van der Waals surface area (Å²) < 4.78 is 5.11. The Kier molecular flexibility index (Phi) is 10.1. The van der Waals surface area contributed by atoms with Crippen LogP contribution in [0.25, 0.3) is 0 Å². The molecule has 0 saturated heterocycles. The topological polar surface area (TPSA) is 58.6 Å². The summed E-state index contributed by atoms with van der Waals surface area (Å²) in [6.45, 7) is 8.30. The van der Waals surface area contributed by atoms with Crippen molar-refractivity contribution < 1.29 is 14.6 Å². The van der Waals surface area contributed by atoms with Crippen molar-refractivity contribution in [2.75, 3.05) is 19.8 Å². The Morgan fingerprint density at radius 2 is 1.72 bits per heavy atom. The van der Waals surface area contributed by atoms with Gasteiger partial charge >= 0.3 is 6.09 Å². The molecule has 0 aromatic carbocycles. The van der Waals surface area contributed by atoms with Gasteiger partial charge in [-0.1, -0.05) is 38.9 Å². The van der Waals surface area contributed by atoms with Crippen LogP contribution in [0.15, 0.2) is 0 Å². The van der Waals surface area contributed by atoms with Crippen LogP contribution < -0.4 is 5.32 Å². The third-order valence-corrected chi connectivity index (χ3v) is 4.39. The molecule has 0 bridgehead atoms. The lowest BCUT2D eigenvalue weighted by Crippen LogP contribution is -2.28. The number of aliphatic hydroxyl groups excluding tert-OH is 1. The van der Waals surface area contributed by atoms with Crippen LogP contribution >= 0.6 is 0 Å². The second kappa shape index (κ2) is 10.4. The van der Waals surface area contributed by atoms with E-state index < -0.39 is 8.07 Å². The Morgan fingerprint density at radius 1 is 1.11 bits per heavy atom. The summed E-state index contributed by atoms with van der Waals surface area (Å²) in [6.07, 6.45) is 4.85. The highest BCUT2D eigenvalue weighted by atomic mass is 28.3. The zero-order valence-electron chi connectivity index (χ0n) is 12.1. The van der Waals surface area contributed by atoms with Crippen LogP contribution in [-0.4, -0.2) is 39.0 Å². The average Bonchev–Trinajstić information content (AvgIpc) is 2.26. The number of amides is 1. The predicted molar refractivity (Wildman–Crippen MR) is 77.7 cm³/mol. The highest BCUT2D eigenvalue weighted by Gasteiger charge is 2.13. The molecular weight excluding hydrogens is 246 g/mol. The van der Waals surface area contributed by atoms with E-state index in [-0.39, 0.29) is 12.7 Å². The van der Waals surface area contributed by atoms with Gasteiger partial charge in [-0.3, -0.25) is 0 Å². The summed E-state index contributed by atoms with van der Waals surface area (Å²) in [5.74, 6) is 0. The van der Waals surface area contributed by atoms with Crippen molar-refractivity contribution in [2.45, 2.75) is 57.8 Å². The standard InChI is InChI=1S/C13H29NO3Si/c1-18(2,3)12-11-17-13(16)14-9-7-5-4-6-8-10-15/h15H,4-12H2,1-3H3,(H,14,16). The van der Waals surface area contributed by atoms with E-state index in [1.54, 1.807) is 0 Å². The number of hydrogen-bond donors (Lipinski definition) is 2. The van der Waals surface area contributed by atoms with Gasteiger partial charge in [-0.2, -0.15) is 0 Å². The maximum absolute atomic E-state index is 11.3. The van der Waals surface area contributed by atoms with Crippen LogP contribution in [0.5, 0.6) is 0 Å². The molecule has 0 atom stereocenters. The lowest BCUT2D eigenvalue weighted by molar-refractivity contribution is 0.151. The minimum Gasteiger partial charge on any atom is -0.450 e. The Balaban J connectivity index is 3.27. The van der Waals surface area contributed by atoms with Crippen molar-refractivity contribution in [3.8, 4) is 0 Å². The van der Waals surface area contributed by atoms with E-state index in [1.807, 2.05) is 0 Å². The molecule has 1 amide bonds. The Bertz CT molecular complexity index is 217. The fraction of sp³-hybridized carbons (Fsp3) is 0.923. The monoisotopic (exact) mass is 275 g/mol. The summed E-state index contributed by atoms with van der Waals surface area (Å²) in [5, 5.41) is 11.4. The molecule has 0 unspecified atom stereocenters. The number of ether oxygens (including phenoxy) is 1. The maximum atomic E-state index is 11.3. The molecule has 5 heteroatoms. The summed E-state index contributed by atoms with van der Waals surface area (Å²) in [4.78, 5) is 11.3. The molecule has 2 N–H and O–H groups in total. The van der Waals surface area contributed by atoms with Crippen molar-refractivity contribution in [1.82, 2.24) is 5.32 Å². The van der Waals surface area contributed by atoms with Gasteiger partial charge < -0.3 is 15.2 Å². The summed E-state index contributed by atoms with van der Waals surface area (Å²) >= 11 is 0. The van der Waals surface area contributed by atoms with Crippen LogP contribution in [0.4, 0.5) is 4.79 Å². The molecule has 0 heterocycles. The van der Waals surface area contributed by atoms with Crippen molar-refractivity contribution in [2.24, 2.45) is 0 Å². The van der Waals surface area contributed by atoms with Gasteiger partial charge in [0.15, 0.2) is 0 Å². The van der Waals surface area contributed by atoms with E-state index in [9.17, 15) is 4.79 Å². The Hall–Kier alpha value is -0.553. The first kappa shape index (κ1) is 17.4. The molecule has 0 aliphatic carbocycles. The zero-order valence-corrected chi connectivity index (χ0v) is 13.1. The second-order valence-electron chi connectivity index (χ2n) is 5.86. The number of aliphatic hydroxyl groups is 1. The number of hydrogen-bond acceptors (Lipinski definition) is 3. The summed E-state index contributed by atoms with van der Waals surface area (Å²) in [5.41, 5.74) is 0. The van der Waals surface area contributed by atoms with Crippen molar-refractivity contribution in [3.63, 3.8) is 0 Å². The van der Waals surface area contributed by atoms with Gasteiger partial charge in [0.05, 0.1) is 6.61 Å². The summed E-state index contributed by atoms with van der Waals surface area (Å²) in [7, 11) is -1.11. The van der Waals surface area contributed by atoms with Crippen molar-refractivity contribution in [3.05, 3.63) is 0 Å². The molecule has 0 saturated carbocycles. The van der Waals surface area contributed by atoms with E-state index in [0.29, 0.717) is 13.2 Å². The lowest BCUT2D eigenvalue weighted by Gasteiger charge is -2.15. The van der Waals surface area contributed by atoms with Gasteiger partial charge in [0, 0.05) is 21.2 Å². The van der Waals surface area contributed by atoms with Crippen LogP contribution in [-0.2, 0) is 4.74 Å². The summed E-state index contributed by atoms with van der Waals surface area (Å²) in [6, 6.07) is 1.02. The Labute approximate surface area is 112 Å². The van der Waals surface area contributed by atoms with Gasteiger partial charge in [0.2, 0.25) is 0 Å². The fourth-order valence-corrected chi connectivity index (χ4v) is 2.17. The number of rotatable bonds is 10. The minimum absolute atomic E-state index is 0.279. The lowest BCUT2D eigenvalue weighted by atomic mass is 10.1. The molecule has 0 aliphatic heterocycles. The maximum Gasteiger partial charge on any atom is 0.407 e. The van der Waals surface area contributed by atoms with E-state index in [1.165, 1.54) is 0 Å². The number of unbranched alkanes of at least 4 members (excludes halogenated alkanes) is 4. The third kappa shape index (κ3) is 13.5. The van der Waals surface area contributed by atoms with Crippen molar-refractivity contribution in [1.29, 1.82) is 0 Å². The molecular formula is C13H29NO3Si. The Morgan fingerprint density at radius 3 is 2.33 bits per heavy atom. The average molecular weight is 275 g/mol. The van der Waals surface area contributed by atoms with E-state index in [0.717, 1.165) is 38.1 Å². The van der Waals surface area contributed by atoms with Gasteiger partial charge in [-0.05, 0) is 18.9 Å². The highest BCUT2D eigenvalue weighted by Crippen LogP contribution is 2.07. The van der Waals surface area contributed by atoms with Crippen LogP contribution in [0.1, 0.15) is 32.1 Å². The molecule has 18 heavy (non-hydrogen) atoms. The molecule has 108 valence electrons. The normalized spacial score (nSPS) is 11.3. The number of nitrogens with one attached hydrogen (secondary N) is 1. The van der Waals surface area contributed by atoms with Gasteiger partial charge in [-0.15, -0.1) is 0 Å². The first-order valence-electron chi connectivity index (χ1n) is 6.97. The molecule has 0 aliphatic rings. The molecule has 0 aromatic heterocycles. The molecule has 4 nitrogen and oxygen atoms in total. The molecule has 0 spiro atoms. The van der Waals surface area contributed by atoms with Crippen LogP contribution in [0, 0.1) is 0 Å². The predicted octanol–water partition coefficient (Wildman–Crippen LogP) is 2.99. The zero-order chi connectivity index (χ0) is 13.9. The smallest absolute Gasteiger partial charge is 0.407 e. The van der Waals surface area contributed by atoms with Gasteiger partial charge in [0.1, 0.15) is 0 Å². The first-order valence-corrected chi connectivity index (χ1v) is 10.7.